The standard InChI is InChI=1S/C14H17ClN2O5S/c1-14(2,3)22-13(21)10-7(5-18)6-23-12-9(11(20)17(10)12)16-8(19)4-15/h5-6,9-10,12H,4H2,1-3H3,(H,16,19)/t9?,10?,12-/m0/s1. The Kier molecular flexibility index (Phi) is 5.05. The fourth-order valence-electron chi connectivity index (χ4n) is 2.32. The normalized spacial score (nSPS) is 26.6. The van der Waals surface area contributed by atoms with E-state index in [-0.39, 0.29) is 11.5 Å². The summed E-state index contributed by atoms with van der Waals surface area (Å²) in [5.41, 5.74) is -0.582. The smallest absolute Gasteiger partial charge is 0.334 e. The zero-order valence-corrected chi connectivity index (χ0v) is 14.4. The Bertz CT molecular complexity index is 586. The number of esters is 1. The Balaban J connectivity index is 2.22. The van der Waals surface area contributed by atoms with Gasteiger partial charge >= 0.3 is 5.97 Å². The molecule has 0 bridgehead atoms. The Hall–Kier alpha value is -1.54. The minimum atomic E-state index is -1.09. The van der Waals surface area contributed by atoms with Crippen LogP contribution in [0.2, 0.25) is 0 Å². The van der Waals surface area contributed by atoms with Crippen molar-refractivity contribution in [1.82, 2.24) is 10.2 Å². The summed E-state index contributed by atoms with van der Waals surface area (Å²) in [4.78, 5) is 48.5. The molecule has 0 spiro atoms. The summed E-state index contributed by atoms with van der Waals surface area (Å²) >= 11 is 6.62. The molecule has 2 aliphatic heterocycles. The molecular formula is C14H17ClN2O5S. The summed E-state index contributed by atoms with van der Waals surface area (Å²) < 4.78 is 5.30. The summed E-state index contributed by atoms with van der Waals surface area (Å²) in [6.45, 7) is 5.10. The molecule has 1 saturated heterocycles. The lowest BCUT2D eigenvalue weighted by atomic mass is 9.98. The van der Waals surface area contributed by atoms with Crippen LogP contribution in [0.5, 0.6) is 0 Å². The van der Waals surface area contributed by atoms with Gasteiger partial charge in [-0.15, -0.1) is 23.4 Å². The van der Waals surface area contributed by atoms with Crippen molar-refractivity contribution in [2.24, 2.45) is 0 Å². The van der Waals surface area contributed by atoms with Crippen molar-refractivity contribution < 1.29 is 23.9 Å². The van der Waals surface area contributed by atoms with Crippen LogP contribution in [0, 0.1) is 0 Å². The lowest BCUT2D eigenvalue weighted by Crippen LogP contribution is -2.74. The van der Waals surface area contributed by atoms with Gasteiger partial charge in [-0.25, -0.2) is 4.79 Å². The fourth-order valence-corrected chi connectivity index (χ4v) is 3.58. The minimum absolute atomic E-state index is 0.163. The van der Waals surface area contributed by atoms with Crippen molar-refractivity contribution >= 4 is 47.4 Å². The number of thioether (sulfide) groups is 1. The third kappa shape index (κ3) is 3.53. The van der Waals surface area contributed by atoms with Gasteiger partial charge in [-0.05, 0) is 26.2 Å². The van der Waals surface area contributed by atoms with Crippen LogP contribution in [-0.2, 0) is 23.9 Å². The van der Waals surface area contributed by atoms with E-state index < -0.39 is 40.8 Å². The number of fused-ring (bicyclic) bond motifs is 1. The molecule has 2 amide bonds. The summed E-state index contributed by atoms with van der Waals surface area (Å²) in [6, 6.07) is -1.85. The zero-order valence-electron chi connectivity index (χ0n) is 12.9. The number of alkyl halides is 1. The van der Waals surface area contributed by atoms with E-state index in [1.165, 1.54) is 22.1 Å². The first-order valence-electron chi connectivity index (χ1n) is 6.90. The molecule has 0 aliphatic carbocycles. The molecule has 1 fully saturated rings. The summed E-state index contributed by atoms with van der Waals surface area (Å²) in [6.07, 6.45) is 0.537. The van der Waals surface area contributed by atoms with Crippen LogP contribution in [0.25, 0.3) is 0 Å². The van der Waals surface area contributed by atoms with Gasteiger partial charge in [0.15, 0.2) is 6.04 Å². The molecular weight excluding hydrogens is 344 g/mol. The van der Waals surface area contributed by atoms with Gasteiger partial charge in [0.25, 0.3) is 0 Å². The predicted octanol–water partition coefficient (Wildman–Crippen LogP) is 0.418. The molecule has 2 rings (SSSR count). The van der Waals surface area contributed by atoms with E-state index in [4.69, 9.17) is 16.3 Å². The third-order valence-electron chi connectivity index (χ3n) is 3.22. The van der Waals surface area contributed by atoms with E-state index in [0.717, 1.165) is 0 Å². The van der Waals surface area contributed by atoms with Crippen molar-refractivity contribution in [2.45, 2.75) is 43.8 Å². The van der Waals surface area contributed by atoms with E-state index >= 15 is 0 Å². The van der Waals surface area contributed by atoms with Gasteiger partial charge in [-0.3, -0.25) is 14.4 Å². The van der Waals surface area contributed by atoms with Crippen molar-refractivity contribution in [3.63, 3.8) is 0 Å². The monoisotopic (exact) mass is 360 g/mol. The highest BCUT2D eigenvalue weighted by atomic mass is 35.5. The average Bonchev–Trinajstić information content (AvgIpc) is 2.48. The lowest BCUT2D eigenvalue weighted by molar-refractivity contribution is -0.170. The second kappa shape index (κ2) is 6.52. The van der Waals surface area contributed by atoms with Gasteiger partial charge in [-0.2, -0.15) is 0 Å². The number of rotatable bonds is 4. The molecule has 0 aromatic rings. The van der Waals surface area contributed by atoms with E-state index in [9.17, 15) is 19.2 Å². The van der Waals surface area contributed by atoms with E-state index in [0.29, 0.717) is 6.29 Å². The van der Waals surface area contributed by atoms with E-state index in [1.807, 2.05) is 0 Å². The van der Waals surface area contributed by atoms with Crippen LogP contribution in [0.1, 0.15) is 20.8 Å². The van der Waals surface area contributed by atoms with Crippen molar-refractivity contribution in [1.29, 1.82) is 0 Å². The lowest BCUT2D eigenvalue weighted by Gasteiger charge is -2.51. The molecule has 2 unspecified atom stereocenters. The number of carbonyl (C=O) groups excluding carboxylic acids is 4. The van der Waals surface area contributed by atoms with Crippen LogP contribution in [0.4, 0.5) is 0 Å². The van der Waals surface area contributed by atoms with Crippen molar-refractivity contribution in [3.8, 4) is 0 Å². The average molecular weight is 361 g/mol. The van der Waals surface area contributed by atoms with Crippen molar-refractivity contribution in [2.75, 3.05) is 5.88 Å². The van der Waals surface area contributed by atoms with Gasteiger partial charge in [0.2, 0.25) is 11.8 Å². The number of nitrogens with zero attached hydrogens (tertiary/aromatic N) is 1. The van der Waals surface area contributed by atoms with Gasteiger partial charge in [0.05, 0.1) is 0 Å². The SMILES string of the molecule is CC(C)(C)OC(=O)C1C(C=O)=CS[C@H]2C(NC(=O)CCl)C(=O)N12. The number of hydrogen-bond acceptors (Lipinski definition) is 6. The van der Waals surface area contributed by atoms with Gasteiger partial charge < -0.3 is 15.0 Å². The molecule has 2 heterocycles. The van der Waals surface area contributed by atoms with Gasteiger partial charge in [-0.1, -0.05) is 0 Å². The number of hydrogen-bond donors (Lipinski definition) is 1. The fraction of sp³-hybridized carbons (Fsp3) is 0.571. The third-order valence-corrected chi connectivity index (χ3v) is 4.65. The van der Waals surface area contributed by atoms with Crippen LogP contribution < -0.4 is 5.32 Å². The Morgan fingerprint density at radius 3 is 2.65 bits per heavy atom. The second-order valence-corrected chi connectivity index (χ2v) is 7.38. The molecule has 7 nitrogen and oxygen atoms in total. The Morgan fingerprint density at radius 2 is 2.13 bits per heavy atom. The molecule has 1 N–H and O–H groups in total. The molecule has 126 valence electrons. The highest BCUT2D eigenvalue weighted by molar-refractivity contribution is 8.03. The number of ether oxygens (including phenoxy) is 1. The number of halogens is 1. The highest BCUT2D eigenvalue weighted by Crippen LogP contribution is 2.40. The first-order chi connectivity index (χ1) is 10.7. The van der Waals surface area contributed by atoms with Crippen LogP contribution in [0.3, 0.4) is 0 Å². The molecule has 2 aliphatic rings. The summed E-state index contributed by atoms with van der Waals surface area (Å²) in [5.74, 6) is -1.84. The topological polar surface area (TPSA) is 92.8 Å². The molecule has 0 aromatic carbocycles. The quantitative estimate of drug-likeness (QED) is 0.338. The maximum atomic E-state index is 12.4. The van der Waals surface area contributed by atoms with Crippen LogP contribution in [0.15, 0.2) is 11.0 Å². The number of β-lactam (4-membered cyclic amide) rings is 1. The van der Waals surface area contributed by atoms with Gasteiger partial charge in [0, 0.05) is 5.57 Å². The molecule has 0 saturated carbocycles. The maximum absolute atomic E-state index is 12.4. The van der Waals surface area contributed by atoms with E-state index in [2.05, 4.69) is 5.32 Å². The minimum Gasteiger partial charge on any atom is -0.458 e. The number of nitrogens with one attached hydrogen (secondary N) is 1. The Morgan fingerprint density at radius 1 is 1.48 bits per heavy atom. The largest absolute Gasteiger partial charge is 0.458 e. The number of amides is 2. The first-order valence-corrected chi connectivity index (χ1v) is 8.38. The molecule has 23 heavy (non-hydrogen) atoms. The zero-order chi connectivity index (χ0) is 17.4. The van der Waals surface area contributed by atoms with E-state index in [1.54, 1.807) is 20.8 Å². The van der Waals surface area contributed by atoms with Crippen LogP contribution in [-0.4, -0.2) is 57.9 Å². The summed E-state index contributed by atoms with van der Waals surface area (Å²) in [7, 11) is 0. The second-order valence-electron chi connectivity index (χ2n) is 6.12. The molecule has 9 heteroatoms. The highest BCUT2D eigenvalue weighted by Gasteiger charge is 2.56. The number of aldehydes is 1. The molecule has 0 aromatic heterocycles. The maximum Gasteiger partial charge on any atom is 0.334 e. The Labute approximate surface area is 142 Å². The van der Waals surface area contributed by atoms with Crippen molar-refractivity contribution in [3.05, 3.63) is 11.0 Å². The van der Waals surface area contributed by atoms with Crippen LogP contribution >= 0.6 is 23.4 Å². The predicted molar refractivity (Wildman–Crippen MR) is 84.7 cm³/mol. The molecule has 0 radical (unpaired) electrons. The number of carbonyl (C=O) groups is 4. The molecule has 3 atom stereocenters. The van der Waals surface area contributed by atoms with Gasteiger partial charge in [0.1, 0.15) is 29.2 Å². The first kappa shape index (κ1) is 17.8. The summed E-state index contributed by atoms with van der Waals surface area (Å²) in [5, 5.41) is 3.56.